The molecule has 40 heteroatoms. The van der Waals surface area contributed by atoms with Crippen molar-refractivity contribution >= 4 is 146 Å². The third-order valence-electron chi connectivity index (χ3n) is 20.5. The Labute approximate surface area is 770 Å². The van der Waals surface area contributed by atoms with Crippen LogP contribution in [-0.4, -0.2) is 135 Å². The number of nitrogens with one attached hydrogen (secondary N) is 8. The first kappa shape index (κ1) is 107. The number of hydrogen-bond acceptors (Lipinski definition) is 28. The number of ether oxygens (including phenoxy) is 3. The molecule has 3 fully saturated rings. The summed E-state index contributed by atoms with van der Waals surface area (Å²) in [5, 5.41) is 76.2. The van der Waals surface area contributed by atoms with Crippen molar-refractivity contribution in [2.24, 2.45) is 35.0 Å². The zero-order chi connectivity index (χ0) is 91.0. The molecule has 11 rings (SSSR count). The Morgan fingerprint density at radius 1 is 0.468 bits per heavy atom. The quantitative estimate of drug-likeness (QED) is 0.00787. The molecule has 0 aliphatic heterocycles. The summed E-state index contributed by atoms with van der Waals surface area (Å²) in [6.07, 6.45) is 12.6. The summed E-state index contributed by atoms with van der Waals surface area (Å²) in [6.45, 7) is 26.8. The van der Waals surface area contributed by atoms with Crippen molar-refractivity contribution in [3.63, 3.8) is 0 Å². The van der Waals surface area contributed by atoms with E-state index in [1.165, 1.54) is 23.5 Å². The van der Waals surface area contributed by atoms with Crippen molar-refractivity contribution in [2.45, 2.75) is 228 Å². The highest BCUT2D eigenvalue weighted by molar-refractivity contribution is 9.10. The number of amides is 3. The van der Waals surface area contributed by atoms with Crippen molar-refractivity contribution in [1.29, 1.82) is 0 Å². The van der Waals surface area contributed by atoms with Gasteiger partial charge in [-0.15, -0.1) is 24.8 Å². The van der Waals surface area contributed by atoms with E-state index in [1.807, 2.05) is 136 Å². The first-order valence-electron chi connectivity index (χ1n) is 41.3. The van der Waals surface area contributed by atoms with Gasteiger partial charge in [0, 0.05) is 79.4 Å². The Bertz CT molecular complexity index is 4860. The van der Waals surface area contributed by atoms with Gasteiger partial charge in [0.2, 0.25) is 34.6 Å². The number of anilines is 5. The molecule has 686 valence electrons. The lowest BCUT2D eigenvalue weighted by atomic mass is 9.80. The molecule has 16 N–H and O–H groups in total. The topological polar surface area (TPSA) is 500 Å². The van der Waals surface area contributed by atoms with E-state index in [9.17, 15) is 44.7 Å². The van der Waals surface area contributed by atoms with Crippen LogP contribution in [0.3, 0.4) is 0 Å². The molecule has 3 amide bonds. The lowest BCUT2D eigenvalue weighted by Crippen LogP contribution is -2.41. The number of benzene rings is 5. The molecule has 0 radical (unpaired) electrons. The van der Waals surface area contributed by atoms with Crippen LogP contribution in [0.15, 0.2) is 131 Å². The van der Waals surface area contributed by atoms with E-state index < -0.39 is 57.0 Å². The van der Waals surface area contributed by atoms with E-state index in [0.29, 0.717) is 87.5 Å². The van der Waals surface area contributed by atoms with Gasteiger partial charge < -0.3 is 84.0 Å². The molecule has 0 spiro atoms. The monoisotopic (exact) mass is 1930 g/mol. The molecule has 3 aromatic heterocycles. The van der Waals surface area contributed by atoms with Gasteiger partial charge in [0.25, 0.3) is 0 Å². The van der Waals surface area contributed by atoms with Crippen molar-refractivity contribution < 1.29 is 53.4 Å². The van der Waals surface area contributed by atoms with Gasteiger partial charge >= 0.3 is 42.5 Å². The zero-order valence-electron chi connectivity index (χ0n) is 73.2. The van der Waals surface area contributed by atoms with E-state index in [-0.39, 0.29) is 82.7 Å². The van der Waals surface area contributed by atoms with Crippen molar-refractivity contribution in [1.82, 2.24) is 45.9 Å². The fourth-order valence-electron chi connectivity index (χ4n) is 13.7. The third kappa shape index (κ3) is 36.8. The van der Waals surface area contributed by atoms with Crippen LogP contribution < -0.4 is 65.2 Å². The number of nitrogens with two attached hydrogens (primary N) is 3. The summed E-state index contributed by atoms with van der Waals surface area (Å²) >= 11 is 12.7. The number of carbonyl (C=O) groups excluding carboxylic acids is 3. The maximum atomic E-state index is 12.1. The first-order valence-corrected chi connectivity index (χ1v) is 43.2. The highest BCUT2D eigenvalue weighted by atomic mass is 79.9. The molecule has 126 heavy (non-hydrogen) atoms. The molecular weight excluding hydrogens is 1810 g/mol. The van der Waals surface area contributed by atoms with Gasteiger partial charge in [0.15, 0.2) is 0 Å². The average molecular weight is 1940 g/mol. The van der Waals surface area contributed by atoms with Crippen LogP contribution in [0.2, 0.25) is 5.28 Å². The summed E-state index contributed by atoms with van der Waals surface area (Å²) in [5.74, 6) is 2.11. The van der Waals surface area contributed by atoms with Gasteiger partial charge in [0.1, 0.15) is 35.4 Å². The lowest BCUT2D eigenvalue weighted by molar-refractivity contribution is -0.384. The van der Waals surface area contributed by atoms with Gasteiger partial charge in [-0.25, -0.2) is 29.3 Å². The molecule has 3 aliphatic carbocycles. The second-order valence-corrected chi connectivity index (χ2v) is 35.6. The fourth-order valence-corrected chi connectivity index (χ4v) is 14.7. The predicted octanol–water partition coefficient (Wildman–Crippen LogP) is 16.9. The van der Waals surface area contributed by atoms with E-state index in [4.69, 9.17) is 53.1 Å². The second kappa shape index (κ2) is 51.7. The highest BCUT2D eigenvalue weighted by Gasteiger charge is 2.31. The number of nitrogens with zero attached hydrogens (tertiary/aromatic N) is 9. The molecule has 34 nitrogen and oxygen atoms in total. The molecule has 3 heterocycles. The number of hydrogen-bond donors (Lipinski definition) is 13. The van der Waals surface area contributed by atoms with E-state index in [1.54, 1.807) is 18.2 Å². The predicted molar refractivity (Wildman–Crippen MR) is 505 cm³/mol. The number of nitro groups is 3. The third-order valence-corrected chi connectivity index (χ3v) is 22.4. The standard InChI is InChI=1S/C31H41N7O4.C24H33BrN6O4.C16H24ClN5O4.C8H10BrN.C7H10BNO2.2ClH/c1-20-24(9-6-10-26(20)23-8-5-7-22(15-23)16-32)18-34-29-35-19-27(38(40)41)28(37-29)33-17-21-11-13-25(14-12-21)36-30(39)42-31(2,3)4;1-15-17(6-5-7-19(15)25)13-27-22-28-14-20(31(33)34)21(30-22)26-12-16-8-10-18(11-9-16)29-23(32)35-24(2,3)4;1-16(2,3)26-15(23)20-11-6-4-10(5-7-11)8-18-13-12(22(24)25)9-19-14(17)21-13;1-6-7(5-10)3-2-4-8(6)9;9-5-6-2-1-3-7(4-6)8(10)11;;/h5-10,15,19,21,25H,11-14,16-18,32H2,1-4H3,(H,36,39)(H2,33,34,35,37);5-7,14,16,18H,8-13H2,1-4H3,(H,29,32)(H2,26,27,28,30);9-11H,4-8H2,1-3H3,(H,20,23)(H,18,19,21);2-4H,5,10H2,1H3;1-4,10-11H,5,9H2;2*1H. The maximum Gasteiger partial charge on any atom is 0.488 e. The second-order valence-electron chi connectivity index (χ2n) is 33.5. The van der Waals surface area contributed by atoms with Crippen LogP contribution in [0, 0.1) is 68.9 Å². The highest BCUT2D eigenvalue weighted by Crippen LogP contribution is 2.34. The minimum absolute atomic E-state index is 0. The first-order chi connectivity index (χ1) is 58.7. The van der Waals surface area contributed by atoms with Crippen LogP contribution in [0.5, 0.6) is 0 Å². The summed E-state index contributed by atoms with van der Waals surface area (Å²) in [4.78, 5) is 93.3. The minimum atomic E-state index is -1.40. The van der Waals surface area contributed by atoms with Crippen LogP contribution in [0.1, 0.15) is 184 Å². The maximum absolute atomic E-state index is 12.1. The number of rotatable bonds is 26. The normalized spacial score (nSPS) is 16.4. The van der Waals surface area contributed by atoms with E-state index in [2.05, 4.69) is 136 Å². The van der Waals surface area contributed by atoms with Crippen LogP contribution in [0.4, 0.5) is 60.8 Å². The summed E-state index contributed by atoms with van der Waals surface area (Å²) in [5.41, 5.74) is 26.1. The van der Waals surface area contributed by atoms with Crippen LogP contribution in [0.25, 0.3) is 11.1 Å². The fraction of sp³-hybridized carbons (Fsp3) is 0.477. The number of carbonyl (C=O) groups is 3. The molecule has 5 aromatic carbocycles. The lowest BCUT2D eigenvalue weighted by Gasteiger charge is -2.30. The summed E-state index contributed by atoms with van der Waals surface area (Å²) < 4.78 is 18.1. The van der Waals surface area contributed by atoms with E-state index in [0.717, 1.165) is 137 Å². The zero-order valence-corrected chi connectivity index (χ0v) is 78.8. The number of aromatic nitrogens is 6. The Hall–Kier alpha value is -9.96. The van der Waals surface area contributed by atoms with Gasteiger partial charge in [-0.2, -0.15) is 15.0 Å². The van der Waals surface area contributed by atoms with Crippen LogP contribution in [-0.2, 0) is 46.9 Å². The summed E-state index contributed by atoms with van der Waals surface area (Å²) in [6, 6.07) is 33.4. The Morgan fingerprint density at radius 2 is 0.810 bits per heavy atom. The molecule has 3 aliphatic rings. The van der Waals surface area contributed by atoms with Crippen molar-refractivity contribution in [3.05, 3.63) is 211 Å². The van der Waals surface area contributed by atoms with Gasteiger partial charge in [-0.1, -0.05) is 117 Å². The summed E-state index contributed by atoms with van der Waals surface area (Å²) in [7, 11) is -1.40. The number of halogens is 5. The van der Waals surface area contributed by atoms with Gasteiger partial charge in [-0.05, 0) is 269 Å². The molecule has 0 bridgehead atoms. The Kier molecular flexibility index (Phi) is 43.8. The average Bonchev–Trinajstić information content (AvgIpc) is 0.779. The van der Waals surface area contributed by atoms with Crippen molar-refractivity contribution in [3.8, 4) is 11.1 Å². The van der Waals surface area contributed by atoms with Crippen LogP contribution >= 0.6 is 68.3 Å². The molecular formula is C86H120BBr2Cl3N20O14. The molecule has 0 atom stereocenters. The molecule has 0 unspecified atom stereocenters. The van der Waals surface area contributed by atoms with Crippen molar-refractivity contribution in [2.75, 3.05) is 46.2 Å². The van der Waals surface area contributed by atoms with E-state index >= 15 is 0 Å². The van der Waals surface area contributed by atoms with Gasteiger partial charge in [-0.3, -0.25) is 30.3 Å². The smallest absolute Gasteiger partial charge is 0.444 e. The minimum Gasteiger partial charge on any atom is -0.444 e. The largest absolute Gasteiger partial charge is 0.488 e. The molecule has 8 aromatic rings. The molecule has 3 saturated carbocycles. The van der Waals surface area contributed by atoms with Gasteiger partial charge in [0.05, 0.1) is 14.8 Å². The molecule has 0 saturated heterocycles. The Balaban J connectivity index is 0.000000302. The number of alkyl carbamates (subject to hydrolysis) is 3. The Morgan fingerprint density at radius 3 is 1.17 bits per heavy atom. The SMILES string of the molecule is CC(C)(C)OC(=O)NC1CCC(CNc2nc(Cl)ncc2[N+](=O)[O-])CC1.Cc1c(Br)cccc1CN.Cc1c(Br)cccc1CNc1ncc([N+](=O)[O-])c(NCC2CCC(NC(=O)OC(C)(C)C)CC2)n1.Cc1c(CNc2ncc([N+](=O)[O-])c(NCC3CCC(NC(=O)OC(C)(C)C)CC3)n2)cccc1-c1cccc(CN)c1.Cl.Cl.NCc1cccc(B(O)O)c1.